The van der Waals surface area contributed by atoms with Gasteiger partial charge in [-0.3, -0.25) is 0 Å². The second kappa shape index (κ2) is 6.10. The van der Waals surface area contributed by atoms with Crippen LogP contribution in [0.1, 0.15) is 44.4 Å². The zero-order valence-corrected chi connectivity index (χ0v) is 11.0. The first kappa shape index (κ1) is 14.1. The molecule has 0 fully saturated rings. The third-order valence-corrected chi connectivity index (χ3v) is 3.21. The number of aryl methyl sites for hydroxylation is 1. The molecule has 1 aromatic rings. The van der Waals surface area contributed by atoms with Crippen LogP contribution in [0, 0.1) is 24.5 Å². The summed E-state index contributed by atoms with van der Waals surface area (Å²) in [5, 5.41) is 3.23. The second-order valence-electron chi connectivity index (χ2n) is 4.77. The van der Waals surface area contributed by atoms with Gasteiger partial charge in [-0.2, -0.15) is 0 Å². The summed E-state index contributed by atoms with van der Waals surface area (Å²) in [5.41, 5.74) is 0.747. The summed E-state index contributed by atoms with van der Waals surface area (Å²) >= 11 is 0. The van der Waals surface area contributed by atoms with Gasteiger partial charge < -0.3 is 5.32 Å². The van der Waals surface area contributed by atoms with Crippen molar-refractivity contribution in [3.63, 3.8) is 0 Å². The molecule has 1 nitrogen and oxygen atoms in total. The number of hydrogen-bond donors (Lipinski definition) is 1. The average Bonchev–Trinajstić information content (AvgIpc) is 2.30. The van der Waals surface area contributed by atoms with Gasteiger partial charge in [-0.15, -0.1) is 0 Å². The third-order valence-electron chi connectivity index (χ3n) is 3.21. The van der Waals surface area contributed by atoms with Gasteiger partial charge in [-0.1, -0.05) is 20.3 Å². The van der Waals surface area contributed by atoms with Gasteiger partial charge in [0.15, 0.2) is 0 Å². The molecule has 0 saturated carbocycles. The Morgan fingerprint density at radius 2 is 1.82 bits per heavy atom. The molecule has 0 radical (unpaired) electrons. The lowest BCUT2D eigenvalue weighted by Gasteiger charge is -2.18. The van der Waals surface area contributed by atoms with E-state index in [1.807, 2.05) is 6.92 Å². The maximum absolute atomic E-state index is 13.7. The minimum absolute atomic E-state index is 0.168. The van der Waals surface area contributed by atoms with Crippen LogP contribution in [-0.4, -0.2) is 6.54 Å². The van der Waals surface area contributed by atoms with Crippen molar-refractivity contribution in [3.05, 3.63) is 34.9 Å². The lowest BCUT2D eigenvalue weighted by Crippen LogP contribution is -2.25. The highest BCUT2D eigenvalue weighted by molar-refractivity contribution is 5.27. The van der Waals surface area contributed by atoms with Crippen LogP contribution in [-0.2, 0) is 0 Å². The van der Waals surface area contributed by atoms with E-state index in [1.165, 1.54) is 12.1 Å². The van der Waals surface area contributed by atoms with Crippen molar-refractivity contribution < 1.29 is 8.78 Å². The average molecular weight is 241 g/mol. The molecule has 17 heavy (non-hydrogen) atoms. The summed E-state index contributed by atoms with van der Waals surface area (Å²) in [4.78, 5) is 0. The number of halogens is 2. The molecular formula is C14H21F2N. The van der Waals surface area contributed by atoms with Crippen molar-refractivity contribution in [1.82, 2.24) is 5.32 Å². The van der Waals surface area contributed by atoms with Crippen LogP contribution in [0.4, 0.5) is 8.78 Å². The number of benzene rings is 1. The van der Waals surface area contributed by atoms with Gasteiger partial charge >= 0.3 is 0 Å². The Morgan fingerprint density at radius 1 is 1.18 bits per heavy atom. The summed E-state index contributed by atoms with van der Waals surface area (Å²) in [6.45, 7) is 8.48. The minimum Gasteiger partial charge on any atom is -0.310 e. The first-order chi connectivity index (χ1) is 7.95. The van der Waals surface area contributed by atoms with Crippen LogP contribution in [0.2, 0.25) is 0 Å². The molecule has 96 valence electrons. The monoisotopic (exact) mass is 241 g/mol. The molecule has 0 saturated heterocycles. The predicted octanol–water partition coefficient (Wildman–Crippen LogP) is 3.97. The molecule has 3 heteroatoms. The molecule has 1 rings (SSSR count). The Balaban J connectivity index is 2.75. The van der Waals surface area contributed by atoms with Crippen molar-refractivity contribution in [2.24, 2.45) is 5.92 Å². The second-order valence-corrected chi connectivity index (χ2v) is 4.77. The molecule has 1 N–H and O–H groups in total. The Kier molecular flexibility index (Phi) is 5.06. The van der Waals surface area contributed by atoms with Gasteiger partial charge in [0.2, 0.25) is 0 Å². The number of rotatable bonds is 5. The number of hydrogen-bond acceptors (Lipinski definition) is 1. The van der Waals surface area contributed by atoms with Gasteiger partial charge in [0.1, 0.15) is 11.6 Å². The number of nitrogens with one attached hydrogen (secondary N) is 1. The fraction of sp³-hybridized carbons (Fsp3) is 0.571. The third kappa shape index (κ3) is 3.77. The van der Waals surface area contributed by atoms with Crippen molar-refractivity contribution in [1.29, 1.82) is 0 Å². The molecular weight excluding hydrogens is 220 g/mol. The van der Waals surface area contributed by atoms with Crippen LogP contribution in [0.15, 0.2) is 12.1 Å². The molecule has 0 spiro atoms. The fourth-order valence-corrected chi connectivity index (χ4v) is 1.63. The predicted molar refractivity (Wildman–Crippen MR) is 67.0 cm³/mol. The van der Waals surface area contributed by atoms with Gasteiger partial charge in [-0.25, -0.2) is 8.78 Å². The summed E-state index contributed by atoms with van der Waals surface area (Å²) in [6.07, 6.45) is 1.07. The summed E-state index contributed by atoms with van der Waals surface area (Å²) in [7, 11) is 0. The van der Waals surface area contributed by atoms with Crippen LogP contribution >= 0.6 is 0 Å². The van der Waals surface area contributed by atoms with E-state index in [0.717, 1.165) is 13.0 Å². The topological polar surface area (TPSA) is 12.0 Å². The first-order valence-electron chi connectivity index (χ1n) is 6.14. The van der Waals surface area contributed by atoms with Crippen LogP contribution in [0.5, 0.6) is 0 Å². The Bertz CT molecular complexity index is 377. The van der Waals surface area contributed by atoms with Crippen molar-refractivity contribution in [2.45, 2.75) is 40.2 Å². The normalized spacial score (nSPS) is 14.7. The molecule has 0 bridgehead atoms. The van der Waals surface area contributed by atoms with E-state index < -0.39 is 0 Å². The molecule has 0 aliphatic heterocycles. The summed E-state index contributed by atoms with van der Waals surface area (Å²) in [5.74, 6) is -0.151. The van der Waals surface area contributed by atoms with Crippen molar-refractivity contribution >= 4 is 0 Å². The molecule has 0 aromatic heterocycles. The Hall–Kier alpha value is -0.960. The lowest BCUT2D eigenvalue weighted by atomic mass is 10.0. The zero-order valence-electron chi connectivity index (χ0n) is 11.0. The largest absolute Gasteiger partial charge is 0.310 e. The van der Waals surface area contributed by atoms with Crippen molar-refractivity contribution in [2.75, 3.05) is 6.54 Å². The van der Waals surface area contributed by atoms with Gasteiger partial charge in [0, 0.05) is 11.6 Å². The molecule has 0 aliphatic rings. The van der Waals surface area contributed by atoms with E-state index in [2.05, 4.69) is 19.2 Å². The van der Waals surface area contributed by atoms with Crippen LogP contribution in [0.3, 0.4) is 0 Å². The van der Waals surface area contributed by atoms with E-state index in [-0.39, 0.29) is 17.7 Å². The maximum Gasteiger partial charge on any atom is 0.128 e. The standard InChI is InChI=1S/C14H21F2N/c1-5-9(2)8-17-11(4)12-7-13(15)10(3)6-14(12)16/h6-7,9,11,17H,5,8H2,1-4H3. The van der Waals surface area contributed by atoms with E-state index in [1.54, 1.807) is 6.92 Å². The summed E-state index contributed by atoms with van der Waals surface area (Å²) in [6, 6.07) is 2.38. The summed E-state index contributed by atoms with van der Waals surface area (Å²) < 4.78 is 27.1. The smallest absolute Gasteiger partial charge is 0.128 e. The highest BCUT2D eigenvalue weighted by Gasteiger charge is 2.14. The molecule has 2 atom stereocenters. The molecule has 2 unspecified atom stereocenters. The SMILES string of the molecule is CCC(C)CNC(C)c1cc(F)c(C)cc1F. The first-order valence-corrected chi connectivity index (χ1v) is 6.14. The van der Waals surface area contributed by atoms with Crippen molar-refractivity contribution in [3.8, 4) is 0 Å². The van der Waals surface area contributed by atoms with Crippen LogP contribution < -0.4 is 5.32 Å². The maximum atomic E-state index is 13.7. The van der Waals surface area contributed by atoms with E-state index in [9.17, 15) is 8.78 Å². The van der Waals surface area contributed by atoms with E-state index in [4.69, 9.17) is 0 Å². The molecule has 0 amide bonds. The van der Waals surface area contributed by atoms with E-state index >= 15 is 0 Å². The van der Waals surface area contributed by atoms with Gasteiger partial charge in [0.25, 0.3) is 0 Å². The lowest BCUT2D eigenvalue weighted by molar-refractivity contribution is 0.448. The minimum atomic E-state index is -0.349. The van der Waals surface area contributed by atoms with Gasteiger partial charge in [-0.05, 0) is 44.0 Å². The highest BCUT2D eigenvalue weighted by Crippen LogP contribution is 2.20. The molecule has 0 aliphatic carbocycles. The highest BCUT2D eigenvalue weighted by atomic mass is 19.1. The quantitative estimate of drug-likeness (QED) is 0.822. The fourth-order valence-electron chi connectivity index (χ4n) is 1.63. The molecule has 1 aromatic carbocycles. The zero-order chi connectivity index (χ0) is 13.0. The van der Waals surface area contributed by atoms with E-state index in [0.29, 0.717) is 17.0 Å². The van der Waals surface area contributed by atoms with Gasteiger partial charge in [0.05, 0.1) is 0 Å². The molecule has 0 heterocycles. The Labute approximate surface area is 102 Å². The van der Waals surface area contributed by atoms with Crippen LogP contribution in [0.25, 0.3) is 0 Å². The Morgan fingerprint density at radius 3 is 2.41 bits per heavy atom.